The van der Waals surface area contributed by atoms with Crippen molar-refractivity contribution in [1.82, 2.24) is 0 Å². The van der Waals surface area contributed by atoms with E-state index in [0.717, 1.165) is 0 Å². The first-order valence-corrected chi connectivity index (χ1v) is 5.63. The summed E-state index contributed by atoms with van der Waals surface area (Å²) >= 11 is 0. The number of carbonyl (C=O) groups is 2. The monoisotopic (exact) mass is 287 g/mol. The zero-order valence-corrected chi connectivity index (χ0v) is 11.2. The summed E-state index contributed by atoms with van der Waals surface area (Å²) < 4.78 is 5.29. The second kappa shape index (κ2) is 9.18. The molecule has 7 heteroatoms. The summed E-state index contributed by atoms with van der Waals surface area (Å²) in [5.41, 5.74) is 10.9. The minimum absolute atomic E-state index is 0. The number of nitrogens with one attached hydrogen (secondary N) is 1. The lowest BCUT2D eigenvalue weighted by Crippen LogP contribution is -2.16. The van der Waals surface area contributed by atoms with E-state index in [9.17, 15) is 9.59 Å². The molecule has 6 nitrogen and oxygen atoms in total. The van der Waals surface area contributed by atoms with E-state index in [0.29, 0.717) is 18.0 Å². The summed E-state index contributed by atoms with van der Waals surface area (Å²) in [7, 11) is 0. The summed E-state index contributed by atoms with van der Waals surface area (Å²) in [5.74, 6) is 0.0913. The van der Waals surface area contributed by atoms with Crippen LogP contribution in [0.3, 0.4) is 0 Å². The predicted molar refractivity (Wildman–Crippen MR) is 75.3 cm³/mol. The molecule has 5 N–H and O–H groups in total. The lowest BCUT2D eigenvalue weighted by molar-refractivity contribution is -0.118. The van der Waals surface area contributed by atoms with Crippen molar-refractivity contribution >= 4 is 29.9 Å². The number of primary amides is 1. The molecule has 0 aliphatic rings. The molecular weight excluding hydrogens is 270 g/mol. The third kappa shape index (κ3) is 7.28. The lowest BCUT2D eigenvalue weighted by atomic mass is 10.3. The first kappa shape index (κ1) is 17.2. The summed E-state index contributed by atoms with van der Waals surface area (Å²) in [6.07, 6.45) is 0.464. The first-order chi connectivity index (χ1) is 8.61. The summed E-state index contributed by atoms with van der Waals surface area (Å²) in [4.78, 5) is 21.8. The van der Waals surface area contributed by atoms with Crippen molar-refractivity contribution in [3.8, 4) is 5.75 Å². The molecule has 106 valence electrons. The molecule has 0 saturated carbocycles. The van der Waals surface area contributed by atoms with Crippen molar-refractivity contribution < 1.29 is 14.3 Å². The minimum atomic E-state index is -0.402. The number of rotatable bonds is 7. The highest BCUT2D eigenvalue weighted by Gasteiger charge is 2.01. The molecule has 0 heterocycles. The van der Waals surface area contributed by atoms with Crippen molar-refractivity contribution in [3.63, 3.8) is 0 Å². The molecule has 0 fully saturated rings. The molecule has 1 aromatic rings. The topological polar surface area (TPSA) is 107 Å². The number of hydrogen-bond acceptors (Lipinski definition) is 4. The molecule has 19 heavy (non-hydrogen) atoms. The average Bonchev–Trinajstić information content (AvgIpc) is 2.31. The molecular formula is C12H18ClN3O3. The van der Waals surface area contributed by atoms with Gasteiger partial charge in [-0.15, -0.1) is 12.4 Å². The predicted octanol–water partition coefficient (Wildman–Crippen LogP) is 0.650. The van der Waals surface area contributed by atoms with Crippen molar-refractivity contribution in [2.75, 3.05) is 18.5 Å². The van der Waals surface area contributed by atoms with Crippen molar-refractivity contribution in [2.45, 2.75) is 12.8 Å². The number of nitrogens with two attached hydrogens (primary N) is 2. The van der Waals surface area contributed by atoms with E-state index in [1.165, 1.54) is 0 Å². The number of anilines is 1. The highest BCUT2D eigenvalue weighted by molar-refractivity contribution is 5.90. The van der Waals surface area contributed by atoms with E-state index >= 15 is 0 Å². The Balaban J connectivity index is 0.00000324. The second-order valence-electron chi connectivity index (χ2n) is 3.68. The number of ether oxygens (including phenoxy) is 1. The van der Waals surface area contributed by atoms with Crippen LogP contribution in [0.4, 0.5) is 5.69 Å². The highest BCUT2D eigenvalue weighted by Crippen LogP contribution is 2.15. The fourth-order valence-corrected chi connectivity index (χ4v) is 1.26. The molecule has 0 aliphatic heterocycles. The van der Waals surface area contributed by atoms with Gasteiger partial charge in [-0.3, -0.25) is 9.59 Å². The van der Waals surface area contributed by atoms with Gasteiger partial charge in [0.1, 0.15) is 5.75 Å². The number of carbonyl (C=O) groups excluding carboxylic acids is 2. The van der Waals surface area contributed by atoms with Crippen LogP contribution >= 0.6 is 12.4 Å². The van der Waals surface area contributed by atoms with Crippen molar-refractivity contribution in [2.24, 2.45) is 11.5 Å². The average molecular weight is 288 g/mol. The van der Waals surface area contributed by atoms with Crippen LogP contribution in [-0.2, 0) is 9.59 Å². The van der Waals surface area contributed by atoms with Crippen LogP contribution in [0.15, 0.2) is 24.3 Å². The van der Waals surface area contributed by atoms with Gasteiger partial charge >= 0.3 is 0 Å². The van der Waals surface area contributed by atoms with Crippen LogP contribution in [0.1, 0.15) is 12.8 Å². The van der Waals surface area contributed by atoms with Crippen LogP contribution in [0.2, 0.25) is 0 Å². The number of benzene rings is 1. The zero-order chi connectivity index (χ0) is 13.4. The van der Waals surface area contributed by atoms with Crippen molar-refractivity contribution in [1.29, 1.82) is 0 Å². The standard InChI is InChI=1S/C12H17N3O3.ClH/c13-7-5-12(17)15-9-1-3-10(4-2-9)18-8-6-11(14)16;/h1-4H,5-8,13H2,(H2,14,16)(H,15,17);1H. The third-order valence-corrected chi connectivity index (χ3v) is 2.13. The van der Waals surface area contributed by atoms with Gasteiger partial charge in [0.15, 0.2) is 0 Å². The fourth-order valence-electron chi connectivity index (χ4n) is 1.26. The number of hydrogen-bond donors (Lipinski definition) is 3. The molecule has 0 bridgehead atoms. The smallest absolute Gasteiger partial charge is 0.225 e. The van der Waals surface area contributed by atoms with Gasteiger partial charge in [-0.1, -0.05) is 0 Å². The molecule has 1 rings (SSSR count). The molecule has 0 radical (unpaired) electrons. The maximum Gasteiger partial charge on any atom is 0.225 e. The molecule has 0 atom stereocenters. The van der Waals surface area contributed by atoms with Gasteiger partial charge in [-0.05, 0) is 24.3 Å². The molecule has 0 saturated heterocycles. The van der Waals surface area contributed by atoms with Gasteiger partial charge in [0.2, 0.25) is 11.8 Å². The second-order valence-corrected chi connectivity index (χ2v) is 3.68. The summed E-state index contributed by atoms with van der Waals surface area (Å²) in [6, 6.07) is 6.85. The van der Waals surface area contributed by atoms with E-state index in [-0.39, 0.29) is 37.8 Å². The number of amides is 2. The molecule has 0 aromatic heterocycles. The zero-order valence-electron chi connectivity index (χ0n) is 10.4. The maximum atomic E-state index is 11.3. The van der Waals surface area contributed by atoms with Gasteiger partial charge in [-0.2, -0.15) is 0 Å². The van der Waals surface area contributed by atoms with E-state index in [2.05, 4.69) is 5.32 Å². The Morgan fingerprint density at radius 2 is 1.79 bits per heavy atom. The summed E-state index contributed by atoms with van der Waals surface area (Å²) in [6.45, 7) is 0.564. The Kier molecular flexibility index (Phi) is 8.32. The number of halogens is 1. The van der Waals surface area contributed by atoms with Crippen LogP contribution in [0.25, 0.3) is 0 Å². The first-order valence-electron chi connectivity index (χ1n) is 5.63. The Morgan fingerprint density at radius 1 is 1.16 bits per heavy atom. The molecule has 0 spiro atoms. The van der Waals surface area contributed by atoms with Gasteiger partial charge in [0.25, 0.3) is 0 Å². The Morgan fingerprint density at radius 3 is 2.32 bits per heavy atom. The third-order valence-electron chi connectivity index (χ3n) is 2.13. The Bertz CT molecular complexity index is 409. The van der Waals surface area contributed by atoms with Gasteiger partial charge in [-0.25, -0.2) is 0 Å². The Hall–Kier alpha value is -1.79. The maximum absolute atomic E-state index is 11.3. The molecule has 0 aliphatic carbocycles. The van der Waals surface area contributed by atoms with Crippen molar-refractivity contribution in [3.05, 3.63) is 24.3 Å². The van der Waals surface area contributed by atoms with E-state index in [4.69, 9.17) is 16.2 Å². The van der Waals surface area contributed by atoms with E-state index in [1.54, 1.807) is 24.3 Å². The van der Waals surface area contributed by atoms with Gasteiger partial charge in [0.05, 0.1) is 13.0 Å². The Labute approximate surface area is 117 Å². The molecule has 1 aromatic carbocycles. The van der Waals surface area contributed by atoms with Crippen LogP contribution in [0, 0.1) is 0 Å². The van der Waals surface area contributed by atoms with Crippen LogP contribution < -0.4 is 21.5 Å². The van der Waals surface area contributed by atoms with E-state index < -0.39 is 5.91 Å². The van der Waals surface area contributed by atoms with Gasteiger partial charge < -0.3 is 21.5 Å². The fraction of sp³-hybridized carbons (Fsp3) is 0.333. The lowest BCUT2D eigenvalue weighted by Gasteiger charge is -2.07. The quantitative estimate of drug-likeness (QED) is 0.684. The summed E-state index contributed by atoms with van der Waals surface area (Å²) in [5, 5.41) is 2.70. The minimum Gasteiger partial charge on any atom is -0.493 e. The van der Waals surface area contributed by atoms with Gasteiger partial charge in [0, 0.05) is 18.7 Å². The highest BCUT2D eigenvalue weighted by atomic mass is 35.5. The SMILES string of the molecule is Cl.NCCC(=O)Nc1ccc(OCCC(N)=O)cc1. The molecule has 0 unspecified atom stereocenters. The van der Waals surface area contributed by atoms with Crippen LogP contribution in [-0.4, -0.2) is 25.0 Å². The van der Waals surface area contributed by atoms with Crippen LogP contribution in [0.5, 0.6) is 5.75 Å². The normalized spacial score (nSPS) is 9.32. The molecule has 2 amide bonds. The van der Waals surface area contributed by atoms with E-state index in [1.807, 2.05) is 0 Å². The largest absolute Gasteiger partial charge is 0.493 e.